The van der Waals surface area contributed by atoms with E-state index in [1.54, 1.807) is 0 Å². The van der Waals surface area contributed by atoms with E-state index in [-0.39, 0.29) is 26.1 Å². The molecule has 1 fully saturated rings. The van der Waals surface area contributed by atoms with Crippen LogP contribution in [-0.2, 0) is 28.5 Å². The van der Waals surface area contributed by atoms with E-state index in [9.17, 15) is 30.0 Å². The van der Waals surface area contributed by atoms with Crippen molar-refractivity contribution < 1.29 is 49.0 Å². The van der Waals surface area contributed by atoms with Crippen LogP contribution in [0.1, 0.15) is 155 Å². The maximum Gasteiger partial charge on any atom is 0.306 e. The molecule has 1 rings (SSSR count). The Balaban J connectivity index is 2.38. The fourth-order valence-electron chi connectivity index (χ4n) is 6.26. The van der Waals surface area contributed by atoms with Crippen molar-refractivity contribution in [2.45, 2.75) is 191 Å². The van der Waals surface area contributed by atoms with Crippen molar-refractivity contribution in [3.8, 4) is 0 Å². The van der Waals surface area contributed by atoms with Crippen molar-refractivity contribution in [1.29, 1.82) is 0 Å². The smallest absolute Gasteiger partial charge is 0.306 e. The van der Waals surface area contributed by atoms with Gasteiger partial charge in [0, 0.05) is 12.8 Å². The third kappa shape index (κ3) is 29.1. The lowest BCUT2D eigenvalue weighted by molar-refractivity contribution is -0.305. The number of carbonyl (C=O) groups is 2. The van der Waals surface area contributed by atoms with Crippen molar-refractivity contribution >= 4 is 11.9 Å². The van der Waals surface area contributed by atoms with Gasteiger partial charge in [0.1, 0.15) is 31.0 Å². The van der Waals surface area contributed by atoms with Gasteiger partial charge in [-0.15, -0.1) is 6.58 Å². The summed E-state index contributed by atoms with van der Waals surface area (Å²) in [5.41, 5.74) is 0. The van der Waals surface area contributed by atoms with Crippen molar-refractivity contribution in [1.82, 2.24) is 0 Å². The number of aliphatic hydroxyl groups excluding tert-OH is 4. The zero-order valence-corrected chi connectivity index (χ0v) is 35.1. The van der Waals surface area contributed by atoms with Gasteiger partial charge in [0.05, 0.1) is 13.2 Å². The van der Waals surface area contributed by atoms with E-state index in [1.165, 1.54) is 57.8 Å². The van der Waals surface area contributed by atoms with Crippen LogP contribution in [0.15, 0.2) is 73.4 Å². The van der Waals surface area contributed by atoms with Crippen LogP contribution < -0.4 is 0 Å². The average molecular weight is 803 g/mol. The number of rotatable bonds is 36. The summed E-state index contributed by atoms with van der Waals surface area (Å²) < 4.78 is 22.1. The van der Waals surface area contributed by atoms with Crippen LogP contribution in [0, 0.1) is 0 Å². The zero-order valence-electron chi connectivity index (χ0n) is 35.1. The van der Waals surface area contributed by atoms with Gasteiger partial charge in [0.15, 0.2) is 12.4 Å². The number of allylic oxidation sites excluding steroid dienone is 11. The molecule has 0 aromatic carbocycles. The first-order chi connectivity index (χ1) is 27.8. The third-order valence-corrected chi connectivity index (χ3v) is 9.72. The molecule has 326 valence electrons. The Morgan fingerprint density at radius 3 is 1.61 bits per heavy atom. The molecule has 2 unspecified atom stereocenters. The summed E-state index contributed by atoms with van der Waals surface area (Å²) in [5, 5.41) is 40.0. The fraction of sp³-hybridized carbons (Fsp3) is 0.702. The van der Waals surface area contributed by atoms with Gasteiger partial charge < -0.3 is 39.4 Å². The first-order valence-electron chi connectivity index (χ1n) is 22.0. The van der Waals surface area contributed by atoms with Gasteiger partial charge >= 0.3 is 11.9 Å². The standard InChI is InChI=1S/C47H78O10/c1-3-5-7-9-11-13-15-17-19-20-22-23-25-27-29-31-33-35-42(49)54-38-40(39-55-47-46(53)45(52)44(51)41(37-48)57-47)56-43(50)36-34-32-30-28-26-24-21-18-16-14-12-10-8-6-4-2/h4-5,7,11,13,17,19,22-23,27,29,40-41,44-48,51-53H,2-3,6,8-10,12,14-16,18,20-21,24-26,28,30-39H2,1H3/b7-5+,13-11+,19-17+,23-22+,29-27+/t40-,41-,44+,45?,46?,47-/m0/s1. The van der Waals surface area contributed by atoms with Crippen LogP contribution in [-0.4, -0.2) is 89.0 Å². The fourth-order valence-corrected chi connectivity index (χ4v) is 6.26. The Bertz CT molecular complexity index is 1140. The monoisotopic (exact) mass is 803 g/mol. The zero-order chi connectivity index (χ0) is 41.6. The maximum atomic E-state index is 12.8. The predicted molar refractivity (Wildman–Crippen MR) is 228 cm³/mol. The van der Waals surface area contributed by atoms with Crippen LogP contribution >= 0.6 is 0 Å². The number of hydrogen-bond acceptors (Lipinski definition) is 10. The summed E-state index contributed by atoms with van der Waals surface area (Å²) in [6.07, 6.45) is 38.0. The molecule has 1 saturated heterocycles. The SMILES string of the molecule is C=CCCCCCCCCCCCCCCCC(=O)O[C@@H](COC(=O)CCC/C=C/C/C=C/C/C=C/C/C=C/C/C=C/CC)CO[C@H]1O[C@@H](CO)[C@@H](O)C(O)C1O. The van der Waals surface area contributed by atoms with Crippen LogP contribution in [0.4, 0.5) is 0 Å². The van der Waals surface area contributed by atoms with Crippen molar-refractivity contribution in [3.63, 3.8) is 0 Å². The highest BCUT2D eigenvalue weighted by Crippen LogP contribution is 2.22. The van der Waals surface area contributed by atoms with Crippen LogP contribution in [0.3, 0.4) is 0 Å². The summed E-state index contributed by atoms with van der Waals surface area (Å²) in [5.74, 6) is -0.883. The predicted octanol–water partition coefficient (Wildman–Crippen LogP) is 9.22. The topological polar surface area (TPSA) is 152 Å². The van der Waals surface area contributed by atoms with E-state index in [1.807, 2.05) is 12.2 Å². The molecule has 0 aromatic rings. The van der Waals surface area contributed by atoms with E-state index in [0.717, 1.165) is 64.2 Å². The van der Waals surface area contributed by atoms with Gasteiger partial charge in [-0.3, -0.25) is 9.59 Å². The molecule has 4 N–H and O–H groups in total. The molecule has 6 atom stereocenters. The molecule has 0 spiro atoms. The van der Waals surface area contributed by atoms with Crippen molar-refractivity contribution in [2.75, 3.05) is 19.8 Å². The minimum atomic E-state index is -1.61. The molecule has 0 aromatic heterocycles. The van der Waals surface area contributed by atoms with Gasteiger partial charge in [-0.25, -0.2) is 0 Å². The quantitative estimate of drug-likeness (QED) is 0.0274. The molecule has 0 bridgehead atoms. The van der Waals surface area contributed by atoms with E-state index in [0.29, 0.717) is 12.8 Å². The highest BCUT2D eigenvalue weighted by molar-refractivity contribution is 5.70. The maximum absolute atomic E-state index is 12.8. The minimum absolute atomic E-state index is 0.193. The van der Waals surface area contributed by atoms with E-state index >= 15 is 0 Å². The van der Waals surface area contributed by atoms with Gasteiger partial charge in [-0.2, -0.15) is 0 Å². The number of hydrogen-bond donors (Lipinski definition) is 4. The number of aliphatic hydroxyl groups is 4. The third-order valence-electron chi connectivity index (χ3n) is 9.72. The van der Waals surface area contributed by atoms with Gasteiger partial charge in [0.2, 0.25) is 0 Å². The molecule has 0 amide bonds. The lowest BCUT2D eigenvalue weighted by Crippen LogP contribution is -2.59. The van der Waals surface area contributed by atoms with Gasteiger partial charge in [0.25, 0.3) is 0 Å². The summed E-state index contributed by atoms with van der Waals surface area (Å²) in [7, 11) is 0. The molecular formula is C47H78O10. The van der Waals surface area contributed by atoms with Crippen LogP contribution in [0.5, 0.6) is 0 Å². The highest BCUT2D eigenvalue weighted by atomic mass is 16.7. The summed E-state index contributed by atoms with van der Waals surface area (Å²) in [6, 6.07) is 0. The minimum Gasteiger partial charge on any atom is -0.462 e. The summed E-state index contributed by atoms with van der Waals surface area (Å²) in [6.45, 7) is 4.76. The Morgan fingerprint density at radius 1 is 0.596 bits per heavy atom. The second-order valence-electron chi connectivity index (χ2n) is 14.8. The molecule has 1 aliphatic heterocycles. The molecule has 1 aliphatic rings. The van der Waals surface area contributed by atoms with Crippen molar-refractivity contribution in [2.24, 2.45) is 0 Å². The Hall–Kier alpha value is -2.86. The van der Waals surface area contributed by atoms with E-state index in [2.05, 4.69) is 68.2 Å². The lowest BCUT2D eigenvalue weighted by Gasteiger charge is -2.39. The Morgan fingerprint density at radius 2 is 1.09 bits per heavy atom. The Kier molecular flexibility index (Phi) is 34.2. The normalized spacial score (nSPS) is 20.8. The lowest BCUT2D eigenvalue weighted by atomic mass is 9.99. The van der Waals surface area contributed by atoms with Crippen molar-refractivity contribution in [3.05, 3.63) is 73.4 Å². The highest BCUT2D eigenvalue weighted by Gasteiger charge is 2.44. The second-order valence-corrected chi connectivity index (χ2v) is 14.8. The van der Waals surface area contributed by atoms with Gasteiger partial charge in [-0.05, 0) is 64.2 Å². The largest absolute Gasteiger partial charge is 0.462 e. The van der Waals surface area contributed by atoms with Crippen LogP contribution in [0.25, 0.3) is 0 Å². The molecule has 57 heavy (non-hydrogen) atoms. The molecule has 10 nitrogen and oxygen atoms in total. The molecular weight excluding hydrogens is 725 g/mol. The molecule has 1 heterocycles. The van der Waals surface area contributed by atoms with E-state index < -0.39 is 55.4 Å². The average Bonchev–Trinajstić information content (AvgIpc) is 3.21. The molecule has 0 saturated carbocycles. The molecule has 0 radical (unpaired) electrons. The number of unbranched alkanes of at least 4 members (excludes halogenated alkanes) is 14. The number of esters is 2. The summed E-state index contributed by atoms with van der Waals surface area (Å²) in [4.78, 5) is 25.3. The van der Waals surface area contributed by atoms with Crippen LogP contribution in [0.2, 0.25) is 0 Å². The number of carbonyl (C=O) groups excluding carboxylic acids is 2. The second kappa shape index (κ2) is 37.4. The first-order valence-corrected chi connectivity index (χ1v) is 22.0. The summed E-state index contributed by atoms with van der Waals surface area (Å²) >= 11 is 0. The Labute approximate surface area is 344 Å². The van der Waals surface area contributed by atoms with Gasteiger partial charge in [-0.1, -0.05) is 144 Å². The molecule has 0 aliphatic carbocycles. The first kappa shape index (κ1) is 52.2. The van der Waals surface area contributed by atoms with E-state index in [4.69, 9.17) is 18.9 Å². The number of ether oxygens (including phenoxy) is 4. The molecule has 10 heteroatoms.